The second kappa shape index (κ2) is 7.58. The molecule has 0 saturated carbocycles. The first-order valence-corrected chi connectivity index (χ1v) is 6.70. The third-order valence-corrected chi connectivity index (χ3v) is 3.19. The fourth-order valence-corrected chi connectivity index (χ4v) is 1.61. The van der Waals surface area contributed by atoms with Crippen molar-refractivity contribution in [2.45, 2.75) is 20.0 Å². The average Bonchev–Trinajstić information content (AvgIpc) is 2.37. The van der Waals surface area contributed by atoms with Gasteiger partial charge < -0.3 is 15.2 Å². The number of halogens is 2. The zero-order valence-corrected chi connectivity index (χ0v) is 12.3. The summed E-state index contributed by atoms with van der Waals surface area (Å²) in [5.74, 6) is 0.179. The summed E-state index contributed by atoms with van der Waals surface area (Å²) in [6.45, 7) is 3.72. The van der Waals surface area contributed by atoms with E-state index >= 15 is 0 Å². The fourth-order valence-electron chi connectivity index (χ4n) is 1.26. The maximum atomic E-state index is 11.3. The largest absolute Gasteiger partial charge is 0.489 e. The predicted molar refractivity (Wildman–Crippen MR) is 75.8 cm³/mol. The van der Waals surface area contributed by atoms with Crippen LogP contribution in [0.1, 0.15) is 13.8 Å². The van der Waals surface area contributed by atoms with E-state index in [1.54, 1.807) is 32.0 Å². The van der Waals surface area contributed by atoms with Gasteiger partial charge in [0, 0.05) is 12.5 Å². The van der Waals surface area contributed by atoms with Crippen molar-refractivity contribution < 1.29 is 14.6 Å². The van der Waals surface area contributed by atoms with Gasteiger partial charge in [0.1, 0.15) is 23.5 Å². The topological polar surface area (TPSA) is 58.6 Å². The van der Waals surface area contributed by atoms with E-state index in [1.807, 2.05) is 0 Å². The normalized spacial score (nSPS) is 12.3. The Morgan fingerprint density at radius 1 is 1.42 bits per heavy atom. The van der Waals surface area contributed by atoms with Crippen LogP contribution in [0.2, 0.25) is 10.0 Å². The lowest BCUT2D eigenvalue weighted by atomic mass is 10.2. The van der Waals surface area contributed by atoms with Gasteiger partial charge in [0.15, 0.2) is 0 Å². The number of carbonyl (C=O) groups excluding carboxylic acids is 1. The summed E-state index contributed by atoms with van der Waals surface area (Å²) in [7, 11) is 0. The van der Waals surface area contributed by atoms with E-state index in [2.05, 4.69) is 5.32 Å². The molecule has 1 atom stereocenters. The van der Waals surface area contributed by atoms with Gasteiger partial charge in [-0.3, -0.25) is 4.79 Å². The van der Waals surface area contributed by atoms with Gasteiger partial charge in [-0.2, -0.15) is 0 Å². The third kappa shape index (κ3) is 5.27. The molecular formula is C13H17Cl2NO3. The molecule has 1 rings (SSSR count). The van der Waals surface area contributed by atoms with Gasteiger partial charge in [0.05, 0.1) is 5.02 Å². The van der Waals surface area contributed by atoms with Gasteiger partial charge in [-0.25, -0.2) is 0 Å². The Bertz CT molecular complexity index is 438. The number of ether oxygens (including phenoxy) is 1. The maximum Gasteiger partial charge on any atom is 0.222 e. The molecule has 0 bridgehead atoms. The standard InChI is InChI=1S/C13H17Cl2NO3/c1-8(2)13(18)16-6-9(17)7-19-11-5-3-4-10(14)12(11)15/h3-5,8-9,17H,6-7H2,1-2H3,(H,16,18). The number of hydrogen-bond acceptors (Lipinski definition) is 3. The van der Waals surface area contributed by atoms with Gasteiger partial charge in [0.2, 0.25) is 5.91 Å². The molecule has 0 aromatic heterocycles. The van der Waals surface area contributed by atoms with Crippen LogP contribution in [0.25, 0.3) is 0 Å². The lowest BCUT2D eigenvalue weighted by Crippen LogP contribution is -2.37. The molecule has 6 heteroatoms. The Balaban J connectivity index is 2.40. The van der Waals surface area contributed by atoms with Crippen molar-refractivity contribution in [2.24, 2.45) is 5.92 Å². The lowest BCUT2D eigenvalue weighted by Gasteiger charge is -2.15. The van der Waals surface area contributed by atoms with Crippen molar-refractivity contribution in [3.63, 3.8) is 0 Å². The second-order valence-corrected chi connectivity index (χ2v) is 5.20. The van der Waals surface area contributed by atoms with Crippen LogP contribution < -0.4 is 10.1 Å². The minimum Gasteiger partial charge on any atom is -0.489 e. The minimum atomic E-state index is -0.808. The molecule has 1 aromatic rings. The molecule has 19 heavy (non-hydrogen) atoms. The predicted octanol–water partition coefficient (Wildman–Crippen LogP) is 2.51. The van der Waals surface area contributed by atoms with Gasteiger partial charge in [-0.05, 0) is 12.1 Å². The lowest BCUT2D eigenvalue weighted by molar-refractivity contribution is -0.124. The number of hydrogen-bond donors (Lipinski definition) is 2. The first-order chi connectivity index (χ1) is 8.91. The van der Waals surface area contributed by atoms with Crippen molar-refractivity contribution in [2.75, 3.05) is 13.2 Å². The highest BCUT2D eigenvalue weighted by Crippen LogP contribution is 2.31. The summed E-state index contributed by atoms with van der Waals surface area (Å²) in [5.41, 5.74) is 0. The van der Waals surface area contributed by atoms with Crippen LogP contribution >= 0.6 is 23.2 Å². The Labute approximate surface area is 122 Å². The van der Waals surface area contributed by atoms with Gasteiger partial charge in [0.25, 0.3) is 0 Å². The highest BCUT2D eigenvalue weighted by atomic mass is 35.5. The summed E-state index contributed by atoms with van der Waals surface area (Å²) in [6.07, 6.45) is -0.808. The molecule has 1 unspecified atom stereocenters. The minimum absolute atomic E-state index is 0.0262. The number of amides is 1. The van der Waals surface area contributed by atoms with Crippen molar-refractivity contribution in [1.82, 2.24) is 5.32 Å². The van der Waals surface area contributed by atoms with Crippen LogP contribution in [0.4, 0.5) is 0 Å². The van der Waals surface area contributed by atoms with Crippen LogP contribution in [0.3, 0.4) is 0 Å². The first-order valence-electron chi connectivity index (χ1n) is 5.94. The number of benzene rings is 1. The second-order valence-electron chi connectivity index (χ2n) is 4.42. The molecule has 0 radical (unpaired) electrons. The van der Waals surface area contributed by atoms with Crippen molar-refractivity contribution in [3.05, 3.63) is 28.2 Å². The van der Waals surface area contributed by atoms with Gasteiger partial charge >= 0.3 is 0 Å². The van der Waals surface area contributed by atoms with Crippen molar-refractivity contribution in [1.29, 1.82) is 0 Å². The molecule has 2 N–H and O–H groups in total. The van der Waals surface area contributed by atoms with E-state index in [0.29, 0.717) is 15.8 Å². The zero-order chi connectivity index (χ0) is 14.4. The van der Waals surface area contributed by atoms with E-state index in [0.717, 1.165) is 0 Å². The fraction of sp³-hybridized carbons (Fsp3) is 0.462. The molecular weight excluding hydrogens is 289 g/mol. The van der Waals surface area contributed by atoms with E-state index in [-0.39, 0.29) is 25.0 Å². The first kappa shape index (κ1) is 16.1. The number of carbonyl (C=O) groups is 1. The maximum absolute atomic E-state index is 11.3. The quantitative estimate of drug-likeness (QED) is 0.849. The number of aliphatic hydroxyl groups is 1. The van der Waals surface area contributed by atoms with Crippen LogP contribution in [0.5, 0.6) is 5.75 Å². The van der Waals surface area contributed by atoms with Crippen LogP contribution in [0, 0.1) is 5.92 Å². The van der Waals surface area contributed by atoms with Crippen molar-refractivity contribution in [3.8, 4) is 5.75 Å². The number of aliphatic hydroxyl groups excluding tert-OH is 1. The van der Waals surface area contributed by atoms with E-state index < -0.39 is 6.10 Å². The van der Waals surface area contributed by atoms with Gasteiger partial charge in [-0.15, -0.1) is 0 Å². The van der Waals surface area contributed by atoms with Crippen LogP contribution in [-0.2, 0) is 4.79 Å². The summed E-state index contributed by atoms with van der Waals surface area (Å²) in [6, 6.07) is 5.01. The highest BCUT2D eigenvalue weighted by Gasteiger charge is 2.12. The number of nitrogens with one attached hydrogen (secondary N) is 1. The summed E-state index contributed by atoms with van der Waals surface area (Å²) in [4.78, 5) is 11.3. The van der Waals surface area contributed by atoms with E-state index in [9.17, 15) is 9.90 Å². The molecule has 0 heterocycles. The highest BCUT2D eigenvalue weighted by molar-refractivity contribution is 6.42. The molecule has 0 saturated heterocycles. The SMILES string of the molecule is CC(C)C(=O)NCC(O)COc1cccc(Cl)c1Cl. The molecule has 0 aliphatic rings. The molecule has 1 amide bonds. The van der Waals surface area contributed by atoms with Crippen LogP contribution in [-0.4, -0.2) is 30.3 Å². The smallest absolute Gasteiger partial charge is 0.222 e. The zero-order valence-electron chi connectivity index (χ0n) is 10.8. The third-order valence-electron chi connectivity index (χ3n) is 2.38. The summed E-state index contributed by atoms with van der Waals surface area (Å²) < 4.78 is 5.35. The molecule has 1 aromatic carbocycles. The molecule has 106 valence electrons. The molecule has 4 nitrogen and oxygen atoms in total. The Hall–Kier alpha value is -0.970. The number of rotatable bonds is 6. The van der Waals surface area contributed by atoms with E-state index in [4.69, 9.17) is 27.9 Å². The Morgan fingerprint density at radius 2 is 2.11 bits per heavy atom. The summed E-state index contributed by atoms with van der Waals surface area (Å²) in [5, 5.41) is 13.0. The molecule has 0 spiro atoms. The Morgan fingerprint density at radius 3 is 2.74 bits per heavy atom. The molecule has 0 fully saturated rings. The van der Waals surface area contributed by atoms with Crippen molar-refractivity contribution >= 4 is 29.1 Å². The summed E-state index contributed by atoms with van der Waals surface area (Å²) >= 11 is 11.8. The van der Waals surface area contributed by atoms with Gasteiger partial charge in [-0.1, -0.05) is 43.1 Å². The monoisotopic (exact) mass is 305 g/mol. The molecule has 0 aliphatic carbocycles. The van der Waals surface area contributed by atoms with E-state index in [1.165, 1.54) is 0 Å². The Kier molecular flexibility index (Phi) is 6.42. The van der Waals surface area contributed by atoms with Crippen LogP contribution in [0.15, 0.2) is 18.2 Å². The average molecular weight is 306 g/mol. The molecule has 0 aliphatic heterocycles.